The lowest BCUT2D eigenvalue weighted by atomic mass is 9.84. The van der Waals surface area contributed by atoms with Crippen LogP contribution in [0.2, 0.25) is 0 Å². The van der Waals surface area contributed by atoms with Crippen LogP contribution in [0.4, 0.5) is 0 Å². The molecule has 6 nitrogen and oxygen atoms in total. The van der Waals surface area contributed by atoms with Crippen LogP contribution < -0.4 is 0 Å². The number of likely N-dealkylation sites (tertiary alicyclic amines) is 1. The molecule has 0 aromatic heterocycles. The van der Waals surface area contributed by atoms with E-state index < -0.39 is 18.0 Å². The minimum atomic E-state index is -1.05. The van der Waals surface area contributed by atoms with Crippen LogP contribution in [0.3, 0.4) is 0 Å². The molecule has 6 heteroatoms. The number of rotatable bonds is 5. The van der Waals surface area contributed by atoms with Gasteiger partial charge in [-0.3, -0.25) is 14.5 Å². The van der Waals surface area contributed by atoms with Crippen LogP contribution in [0.15, 0.2) is 0 Å². The van der Waals surface area contributed by atoms with Crippen molar-refractivity contribution in [1.82, 2.24) is 4.90 Å². The summed E-state index contributed by atoms with van der Waals surface area (Å²) in [7, 11) is 0. The first-order chi connectivity index (χ1) is 8.55. The van der Waals surface area contributed by atoms with Gasteiger partial charge in [0.2, 0.25) is 11.8 Å². The number of ether oxygens (including phenoxy) is 1. The Morgan fingerprint density at radius 1 is 1.33 bits per heavy atom. The third-order valence-electron chi connectivity index (χ3n) is 3.73. The number of carboxylic acids is 1. The van der Waals surface area contributed by atoms with Crippen molar-refractivity contribution in [3.8, 4) is 0 Å². The highest BCUT2D eigenvalue weighted by Crippen LogP contribution is 2.46. The summed E-state index contributed by atoms with van der Waals surface area (Å²) in [6.45, 7) is -0.159. The lowest BCUT2D eigenvalue weighted by Gasteiger charge is -2.20. The highest BCUT2D eigenvalue weighted by atomic mass is 16.5. The van der Waals surface area contributed by atoms with Crippen molar-refractivity contribution >= 4 is 17.8 Å². The molecule has 0 radical (unpaired) electrons. The van der Waals surface area contributed by atoms with Crippen molar-refractivity contribution in [1.29, 1.82) is 0 Å². The molecule has 0 bridgehead atoms. The Balaban J connectivity index is 1.87. The Morgan fingerprint density at radius 2 is 2.00 bits per heavy atom. The van der Waals surface area contributed by atoms with Gasteiger partial charge < -0.3 is 9.84 Å². The summed E-state index contributed by atoms with van der Waals surface area (Å²) < 4.78 is 4.86. The summed E-state index contributed by atoms with van der Waals surface area (Å²) in [6, 6.07) is 0. The van der Waals surface area contributed by atoms with Gasteiger partial charge in [-0.15, -0.1) is 0 Å². The van der Waals surface area contributed by atoms with Gasteiger partial charge in [-0.05, 0) is 12.8 Å². The average Bonchev–Trinajstić information content (AvgIpc) is 2.85. The van der Waals surface area contributed by atoms with Crippen LogP contribution in [0, 0.1) is 5.41 Å². The molecule has 1 saturated heterocycles. The Hall–Kier alpha value is -1.43. The van der Waals surface area contributed by atoms with E-state index in [1.54, 1.807) is 0 Å². The summed E-state index contributed by atoms with van der Waals surface area (Å²) in [5.74, 6) is -1.30. The van der Waals surface area contributed by atoms with Crippen molar-refractivity contribution in [2.24, 2.45) is 5.41 Å². The molecule has 1 saturated carbocycles. The number of imide groups is 1. The Kier molecular flexibility index (Phi) is 3.65. The molecule has 100 valence electrons. The average molecular weight is 255 g/mol. The Morgan fingerprint density at radius 3 is 2.61 bits per heavy atom. The lowest BCUT2D eigenvalue weighted by molar-refractivity contribution is -0.144. The van der Waals surface area contributed by atoms with Gasteiger partial charge in [0.1, 0.15) is 6.61 Å². The minimum Gasteiger partial charge on any atom is -0.480 e. The maximum atomic E-state index is 12.2. The molecule has 2 rings (SSSR count). The molecule has 0 aromatic rings. The molecule has 0 unspecified atom stereocenters. The van der Waals surface area contributed by atoms with Gasteiger partial charge in [0.05, 0.1) is 18.6 Å². The first-order valence-electron chi connectivity index (χ1n) is 6.19. The van der Waals surface area contributed by atoms with Gasteiger partial charge in [0, 0.05) is 6.42 Å². The second-order valence-corrected chi connectivity index (χ2v) is 4.96. The predicted molar refractivity (Wildman–Crippen MR) is 60.7 cm³/mol. The molecule has 1 aliphatic carbocycles. The summed E-state index contributed by atoms with van der Waals surface area (Å²) in [5.41, 5.74) is -0.454. The van der Waals surface area contributed by atoms with Crippen molar-refractivity contribution < 1.29 is 24.2 Å². The topological polar surface area (TPSA) is 83.9 Å². The normalized spacial score (nSPS) is 22.1. The van der Waals surface area contributed by atoms with Gasteiger partial charge in [-0.2, -0.15) is 0 Å². The number of hydrogen-bond acceptors (Lipinski definition) is 4. The molecular formula is C12H17NO5. The monoisotopic (exact) mass is 255 g/mol. The molecule has 2 fully saturated rings. The number of hydrogen-bond donors (Lipinski definition) is 1. The van der Waals surface area contributed by atoms with Gasteiger partial charge in [0.15, 0.2) is 0 Å². The van der Waals surface area contributed by atoms with Gasteiger partial charge in [0.25, 0.3) is 0 Å². The number of amides is 2. The van der Waals surface area contributed by atoms with E-state index in [1.165, 1.54) is 4.90 Å². The fourth-order valence-corrected chi connectivity index (χ4v) is 2.84. The van der Waals surface area contributed by atoms with E-state index in [-0.39, 0.29) is 25.0 Å². The van der Waals surface area contributed by atoms with Crippen molar-refractivity contribution in [3.05, 3.63) is 0 Å². The first-order valence-corrected chi connectivity index (χ1v) is 6.19. The molecular weight excluding hydrogens is 238 g/mol. The molecule has 2 aliphatic rings. The third-order valence-corrected chi connectivity index (χ3v) is 3.73. The number of carbonyl (C=O) groups excluding carboxylic acids is 2. The van der Waals surface area contributed by atoms with E-state index >= 15 is 0 Å². The maximum Gasteiger partial charge on any atom is 0.329 e. The first kappa shape index (κ1) is 13.0. The minimum absolute atomic E-state index is 0.0832. The largest absolute Gasteiger partial charge is 0.480 e. The van der Waals surface area contributed by atoms with Crippen LogP contribution in [-0.4, -0.2) is 47.5 Å². The second-order valence-electron chi connectivity index (χ2n) is 4.96. The maximum absolute atomic E-state index is 12.2. The van der Waals surface area contributed by atoms with Gasteiger partial charge >= 0.3 is 5.97 Å². The van der Waals surface area contributed by atoms with E-state index in [0.29, 0.717) is 6.42 Å². The SMILES string of the molecule is O=C(O)COCCN1C(=O)CC2(CCCC2)C1=O. The zero-order valence-electron chi connectivity index (χ0n) is 10.2. The van der Waals surface area contributed by atoms with E-state index in [2.05, 4.69) is 0 Å². The van der Waals surface area contributed by atoms with E-state index in [1.807, 2.05) is 0 Å². The van der Waals surface area contributed by atoms with Crippen LogP contribution in [0.1, 0.15) is 32.1 Å². The molecule has 1 heterocycles. The van der Waals surface area contributed by atoms with E-state index in [4.69, 9.17) is 9.84 Å². The van der Waals surface area contributed by atoms with E-state index in [9.17, 15) is 14.4 Å². The smallest absolute Gasteiger partial charge is 0.329 e. The lowest BCUT2D eigenvalue weighted by Crippen LogP contribution is -2.36. The van der Waals surface area contributed by atoms with Gasteiger partial charge in [-0.1, -0.05) is 12.8 Å². The van der Waals surface area contributed by atoms with Gasteiger partial charge in [-0.25, -0.2) is 4.79 Å². The summed E-state index contributed by atoms with van der Waals surface area (Å²) >= 11 is 0. The molecule has 1 aliphatic heterocycles. The summed E-state index contributed by atoms with van der Waals surface area (Å²) in [4.78, 5) is 35.5. The van der Waals surface area contributed by atoms with Crippen molar-refractivity contribution in [2.75, 3.05) is 19.8 Å². The predicted octanol–water partition coefficient (Wildman–Crippen LogP) is 0.407. The number of carboxylic acid groups (broad SMARTS) is 1. The molecule has 1 N–H and O–H groups in total. The molecule has 2 amide bonds. The Labute approximate surface area is 105 Å². The number of nitrogens with zero attached hydrogens (tertiary/aromatic N) is 1. The van der Waals surface area contributed by atoms with Crippen LogP contribution in [0.25, 0.3) is 0 Å². The fraction of sp³-hybridized carbons (Fsp3) is 0.750. The fourth-order valence-electron chi connectivity index (χ4n) is 2.84. The van der Waals surface area contributed by atoms with Crippen LogP contribution in [-0.2, 0) is 19.1 Å². The van der Waals surface area contributed by atoms with Crippen molar-refractivity contribution in [2.45, 2.75) is 32.1 Å². The summed E-state index contributed by atoms with van der Waals surface area (Å²) in [6.07, 6.45) is 3.91. The second kappa shape index (κ2) is 5.06. The number of aliphatic carboxylic acids is 1. The standard InChI is InChI=1S/C12H17NO5/c14-9-7-12(3-1-2-4-12)11(17)13(9)5-6-18-8-10(15)16/h1-8H2,(H,15,16). The third kappa shape index (κ3) is 2.38. The highest BCUT2D eigenvalue weighted by molar-refractivity contribution is 6.06. The van der Waals surface area contributed by atoms with E-state index in [0.717, 1.165) is 25.7 Å². The molecule has 1 spiro atoms. The quantitative estimate of drug-likeness (QED) is 0.568. The zero-order chi connectivity index (χ0) is 13.2. The molecule has 18 heavy (non-hydrogen) atoms. The van der Waals surface area contributed by atoms with Crippen LogP contribution in [0.5, 0.6) is 0 Å². The molecule has 0 aromatic carbocycles. The Bertz CT molecular complexity index is 373. The van der Waals surface area contributed by atoms with Crippen LogP contribution >= 0.6 is 0 Å². The summed E-state index contributed by atoms with van der Waals surface area (Å²) in [5, 5.41) is 8.40. The van der Waals surface area contributed by atoms with Crippen molar-refractivity contribution in [3.63, 3.8) is 0 Å². The number of carbonyl (C=O) groups is 3. The molecule has 0 atom stereocenters. The highest BCUT2D eigenvalue weighted by Gasteiger charge is 2.52. The zero-order valence-corrected chi connectivity index (χ0v) is 10.2.